The van der Waals surface area contributed by atoms with Crippen LogP contribution in [0.1, 0.15) is 15.9 Å². The summed E-state index contributed by atoms with van der Waals surface area (Å²) in [6.07, 6.45) is 6.22. The fraction of sp³-hybridized carbons (Fsp3) is 0. The van der Waals surface area contributed by atoms with Crippen LogP contribution in [0.2, 0.25) is 5.02 Å². The summed E-state index contributed by atoms with van der Waals surface area (Å²) in [6.45, 7) is 0. The highest BCUT2D eigenvalue weighted by Crippen LogP contribution is 2.24. The summed E-state index contributed by atoms with van der Waals surface area (Å²) >= 11 is 5.98. The second-order valence-electron chi connectivity index (χ2n) is 5.82. The molecule has 2 heterocycles. The fourth-order valence-electron chi connectivity index (χ4n) is 2.81. The molecule has 130 valence electrons. The number of nitriles is 1. The molecular weight excluding hydrogens is 362 g/mol. The summed E-state index contributed by atoms with van der Waals surface area (Å²) in [6, 6.07) is 14.5. The first-order valence-corrected chi connectivity index (χ1v) is 8.42. The van der Waals surface area contributed by atoms with Gasteiger partial charge < -0.3 is 4.98 Å². The predicted octanol–water partition coefficient (Wildman–Crippen LogP) is 4.19. The van der Waals surface area contributed by atoms with Crippen molar-refractivity contribution in [1.29, 1.82) is 5.26 Å². The van der Waals surface area contributed by atoms with Crippen LogP contribution in [0.15, 0.2) is 66.9 Å². The van der Waals surface area contributed by atoms with Crippen molar-refractivity contribution in [2.24, 2.45) is 0 Å². The van der Waals surface area contributed by atoms with Crippen molar-refractivity contribution in [2.75, 3.05) is 0 Å². The smallest absolute Gasteiger partial charge is 0.205 e. The normalized spacial score (nSPS) is 11.5. The van der Waals surface area contributed by atoms with Gasteiger partial charge in [-0.2, -0.15) is 10.4 Å². The second-order valence-corrected chi connectivity index (χ2v) is 6.26. The minimum absolute atomic E-state index is 0.0550. The van der Waals surface area contributed by atoms with E-state index in [1.54, 1.807) is 41.5 Å². The molecule has 0 atom stereocenters. The Kier molecular flexibility index (Phi) is 4.29. The number of Topliss-reactive ketones (excluding diaryl/α,β-unsaturated/α-hetero) is 1. The van der Waals surface area contributed by atoms with Crippen LogP contribution in [0, 0.1) is 11.3 Å². The first-order chi connectivity index (χ1) is 13.2. The number of hydrogen-bond acceptors (Lipinski definition) is 4. The number of allylic oxidation sites excluding steroid dienone is 1. The van der Waals surface area contributed by atoms with Gasteiger partial charge in [0.15, 0.2) is 0 Å². The molecule has 0 bridgehead atoms. The quantitative estimate of drug-likeness (QED) is 0.330. The molecule has 0 spiro atoms. The zero-order valence-corrected chi connectivity index (χ0v) is 14.7. The number of carbonyl (C=O) groups is 1. The molecule has 0 aliphatic carbocycles. The number of hydrogen-bond donors (Lipinski definition) is 1. The van der Waals surface area contributed by atoms with Crippen LogP contribution in [-0.4, -0.2) is 25.5 Å². The standard InChI is InChI=1S/C20H12ClN5O/c21-15-3-6-17-18(10-24-19(17)8-15)20(27)14(9-22)7-13-1-4-16(5-2-13)26-12-23-11-25-26/h1-8,10-12,24H/b14-7+. The molecule has 6 nitrogen and oxygen atoms in total. The second kappa shape index (κ2) is 6.90. The highest BCUT2D eigenvalue weighted by molar-refractivity contribution is 6.31. The molecule has 0 aliphatic rings. The maximum atomic E-state index is 12.8. The van der Waals surface area contributed by atoms with Gasteiger partial charge in [0.25, 0.3) is 0 Å². The Morgan fingerprint density at radius 3 is 2.74 bits per heavy atom. The molecule has 0 aliphatic heterocycles. The number of nitrogens with one attached hydrogen (secondary N) is 1. The van der Waals surface area contributed by atoms with Crippen LogP contribution in [0.3, 0.4) is 0 Å². The van der Waals surface area contributed by atoms with E-state index in [2.05, 4.69) is 15.1 Å². The van der Waals surface area contributed by atoms with Crippen LogP contribution in [-0.2, 0) is 0 Å². The van der Waals surface area contributed by atoms with E-state index >= 15 is 0 Å². The van der Waals surface area contributed by atoms with Gasteiger partial charge in [-0.3, -0.25) is 4.79 Å². The Balaban J connectivity index is 1.66. The summed E-state index contributed by atoms with van der Waals surface area (Å²) in [4.78, 5) is 19.8. The van der Waals surface area contributed by atoms with Crippen LogP contribution < -0.4 is 0 Å². The highest BCUT2D eigenvalue weighted by Gasteiger charge is 2.16. The molecular formula is C20H12ClN5O. The monoisotopic (exact) mass is 373 g/mol. The Morgan fingerprint density at radius 2 is 2.04 bits per heavy atom. The third kappa shape index (κ3) is 3.24. The third-order valence-electron chi connectivity index (χ3n) is 4.14. The first kappa shape index (κ1) is 16.8. The topological polar surface area (TPSA) is 87.4 Å². The third-order valence-corrected chi connectivity index (χ3v) is 4.38. The van der Waals surface area contributed by atoms with Gasteiger partial charge in [0, 0.05) is 27.7 Å². The average Bonchev–Trinajstić information content (AvgIpc) is 3.35. The lowest BCUT2D eigenvalue weighted by Crippen LogP contribution is -2.01. The largest absolute Gasteiger partial charge is 0.360 e. The Labute approximate surface area is 159 Å². The van der Waals surface area contributed by atoms with Gasteiger partial charge in [-0.15, -0.1) is 0 Å². The van der Waals surface area contributed by atoms with Crippen molar-refractivity contribution in [3.05, 3.63) is 83.0 Å². The molecule has 0 amide bonds. The maximum absolute atomic E-state index is 12.8. The van der Waals surface area contributed by atoms with E-state index in [0.717, 1.165) is 22.2 Å². The number of fused-ring (bicyclic) bond motifs is 1. The minimum Gasteiger partial charge on any atom is -0.360 e. The minimum atomic E-state index is -0.341. The molecule has 0 radical (unpaired) electrons. The SMILES string of the molecule is N#C/C(=C\c1ccc(-n2cncn2)cc1)C(=O)c1c[nH]c2cc(Cl)ccc12. The van der Waals surface area contributed by atoms with E-state index in [4.69, 9.17) is 11.6 Å². The number of ketones is 1. The van der Waals surface area contributed by atoms with Gasteiger partial charge in [0.05, 0.1) is 5.69 Å². The number of benzene rings is 2. The zero-order chi connectivity index (χ0) is 18.8. The fourth-order valence-corrected chi connectivity index (χ4v) is 2.98. The van der Waals surface area contributed by atoms with Gasteiger partial charge in [0.2, 0.25) is 5.78 Å². The highest BCUT2D eigenvalue weighted by atomic mass is 35.5. The zero-order valence-electron chi connectivity index (χ0n) is 13.9. The molecule has 27 heavy (non-hydrogen) atoms. The van der Waals surface area contributed by atoms with Crippen LogP contribution >= 0.6 is 11.6 Å². The van der Waals surface area contributed by atoms with Crippen LogP contribution in [0.25, 0.3) is 22.7 Å². The number of halogens is 1. The van der Waals surface area contributed by atoms with Gasteiger partial charge in [-0.05, 0) is 35.9 Å². The van der Waals surface area contributed by atoms with E-state index in [9.17, 15) is 10.1 Å². The Morgan fingerprint density at radius 1 is 1.22 bits per heavy atom. The molecule has 4 aromatic rings. The van der Waals surface area contributed by atoms with Crippen molar-refractivity contribution in [2.45, 2.75) is 0 Å². The molecule has 2 aromatic carbocycles. The lowest BCUT2D eigenvalue weighted by molar-refractivity contribution is 0.104. The summed E-state index contributed by atoms with van der Waals surface area (Å²) in [5.74, 6) is -0.341. The van der Waals surface area contributed by atoms with E-state index in [1.165, 1.54) is 6.33 Å². The molecule has 0 saturated heterocycles. The molecule has 0 unspecified atom stereocenters. The summed E-state index contributed by atoms with van der Waals surface area (Å²) in [7, 11) is 0. The maximum Gasteiger partial charge on any atom is 0.205 e. The predicted molar refractivity (Wildman–Crippen MR) is 103 cm³/mol. The number of nitrogens with zero attached hydrogens (tertiary/aromatic N) is 4. The van der Waals surface area contributed by atoms with Crippen molar-refractivity contribution >= 4 is 34.4 Å². The van der Waals surface area contributed by atoms with E-state index in [0.29, 0.717) is 10.6 Å². The molecule has 4 rings (SSSR count). The lowest BCUT2D eigenvalue weighted by Gasteiger charge is -2.02. The summed E-state index contributed by atoms with van der Waals surface area (Å²) < 4.78 is 1.63. The molecule has 1 N–H and O–H groups in total. The summed E-state index contributed by atoms with van der Waals surface area (Å²) in [5.41, 5.74) is 2.82. The number of aromatic amines is 1. The van der Waals surface area contributed by atoms with E-state index < -0.39 is 0 Å². The number of H-pyrrole nitrogens is 1. The Bertz CT molecular complexity index is 1200. The van der Waals surface area contributed by atoms with E-state index in [1.807, 2.05) is 30.3 Å². The average molecular weight is 374 g/mol. The van der Waals surface area contributed by atoms with Crippen molar-refractivity contribution < 1.29 is 4.79 Å². The number of rotatable bonds is 4. The van der Waals surface area contributed by atoms with Gasteiger partial charge >= 0.3 is 0 Å². The molecule has 0 saturated carbocycles. The van der Waals surface area contributed by atoms with Crippen molar-refractivity contribution in [3.63, 3.8) is 0 Å². The van der Waals surface area contributed by atoms with Crippen molar-refractivity contribution in [1.82, 2.24) is 19.7 Å². The van der Waals surface area contributed by atoms with Gasteiger partial charge in [-0.1, -0.05) is 29.8 Å². The van der Waals surface area contributed by atoms with Crippen molar-refractivity contribution in [3.8, 4) is 11.8 Å². The van der Waals surface area contributed by atoms with Gasteiger partial charge in [-0.25, -0.2) is 9.67 Å². The number of carbonyl (C=O) groups excluding carboxylic acids is 1. The lowest BCUT2D eigenvalue weighted by atomic mass is 10.0. The van der Waals surface area contributed by atoms with Crippen LogP contribution in [0.4, 0.5) is 0 Å². The molecule has 7 heteroatoms. The summed E-state index contributed by atoms with van der Waals surface area (Å²) in [5, 5.41) is 14.9. The molecule has 2 aromatic heterocycles. The first-order valence-electron chi connectivity index (χ1n) is 8.04. The number of aromatic nitrogens is 4. The van der Waals surface area contributed by atoms with Gasteiger partial charge in [0.1, 0.15) is 24.3 Å². The van der Waals surface area contributed by atoms with E-state index in [-0.39, 0.29) is 11.4 Å². The Hall–Kier alpha value is -3.69. The van der Waals surface area contributed by atoms with Crippen LogP contribution in [0.5, 0.6) is 0 Å². The molecule has 0 fully saturated rings.